The molecule has 0 bridgehead atoms. The summed E-state index contributed by atoms with van der Waals surface area (Å²) in [6.07, 6.45) is 8.12. The molecule has 0 radical (unpaired) electrons. The third-order valence-corrected chi connectivity index (χ3v) is 3.49. The van der Waals surface area contributed by atoms with Crippen molar-refractivity contribution in [3.63, 3.8) is 0 Å². The van der Waals surface area contributed by atoms with Crippen LogP contribution in [0.1, 0.15) is 52.9 Å². The van der Waals surface area contributed by atoms with E-state index in [1.807, 2.05) is 20.0 Å². The van der Waals surface area contributed by atoms with Gasteiger partial charge >= 0.3 is 6.03 Å². The number of urea groups is 1. The monoisotopic (exact) mass is 268 g/mol. The molecule has 110 valence electrons. The van der Waals surface area contributed by atoms with E-state index in [2.05, 4.69) is 17.6 Å². The minimum absolute atomic E-state index is 0.123. The first-order valence-corrected chi connectivity index (χ1v) is 7.42. The van der Waals surface area contributed by atoms with E-state index in [0.29, 0.717) is 19.1 Å². The molecule has 0 aromatic carbocycles. The van der Waals surface area contributed by atoms with Crippen molar-refractivity contribution in [2.45, 2.75) is 59.0 Å². The molecule has 1 aliphatic carbocycles. The molecular formula is C15H28N2O2. The van der Waals surface area contributed by atoms with E-state index in [-0.39, 0.29) is 12.1 Å². The van der Waals surface area contributed by atoms with Crippen LogP contribution in [0, 0.1) is 5.92 Å². The van der Waals surface area contributed by atoms with E-state index in [9.17, 15) is 4.79 Å². The largest absolute Gasteiger partial charge is 0.379 e. The zero-order valence-electron chi connectivity index (χ0n) is 12.5. The molecule has 1 rings (SSSR count). The lowest BCUT2D eigenvalue weighted by Crippen LogP contribution is -2.33. The number of amides is 2. The molecule has 0 aromatic rings. The lowest BCUT2D eigenvalue weighted by atomic mass is 10.0. The highest BCUT2D eigenvalue weighted by atomic mass is 16.5. The van der Waals surface area contributed by atoms with Crippen LogP contribution in [-0.4, -0.2) is 25.3 Å². The maximum Gasteiger partial charge on any atom is 0.318 e. The van der Waals surface area contributed by atoms with E-state index >= 15 is 0 Å². The molecule has 1 aliphatic rings. The first kappa shape index (κ1) is 16.0. The predicted octanol–water partition coefficient (Wildman–Crippen LogP) is 3.19. The van der Waals surface area contributed by atoms with Gasteiger partial charge in [0.25, 0.3) is 0 Å². The number of hydrogen-bond acceptors (Lipinski definition) is 2. The van der Waals surface area contributed by atoms with E-state index in [1.165, 1.54) is 31.3 Å². The van der Waals surface area contributed by atoms with Crippen molar-refractivity contribution >= 4 is 6.03 Å². The lowest BCUT2D eigenvalue weighted by molar-refractivity contribution is 0.0774. The Morgan fingerprint density at radius 3 is 2.68 bits per heavy atom. The Morgan fingerprint density at radius 2 is 2.05 bits per heavy atom. The van der Waals surface area contributed by atoms with Gasteiger partial charge in [0, 0.05) is 19.4 Å². The maximum absolute atomic E-state index is 11.6. The molecule has 1 saturated carbocycles. The number of allylic oxidation sites excluding steroid dienone is 1. The van der Waals surface area contributed by atoms with E-state index in [1.54, 1.807) is 0 Å². The smallest absolute Gasteiger partial charge is 0.318 e. The lowest BCUT2D eigenvalue weighted by Gasteiger charge is -2.11. The first-order chi connectivity index (χ1) is 9.09. The third kappa shape index (κ3) is 7.21. The van der Waals surface area contributed by atoms with Crippen molar-refractivity contribution in [1.29, 1.82) is 0 Å². The van der Waals surface area contributed by atoms with Crippen molar-refractivity contribution in [3.05, 3.63) is 11.8 Å². The van der Waals surface area contributed by atoms with Gasteiger partial charge in [0.2, 0.25) is 0 Å². The van der Waals surface area contributed by atoms with Gasteiger partial charge < -0.3 is 15.4 Å². The summed E-state index contributed by atoms with van der Waals surface area (Å²) in [4.78, 5) is 11.6. The van der Waals surface area contributed by atoms with Crippen LogP contribution in [0.2, 0.25) is 0 Å². The van der Waals surface area contributed by atoms with Gasteiger partial charge in [-0.1, -0.05) is 18.4 Å². The minimum atomic E-state index is -0.123. The zero-order chi connectivity index (χ0) is 14.1. The maximum atomic E-state index is 11.6. The van der Waals surface area contributed by atoms with Gasteiger partial charge in [0.05, 0.1) is 6.10 Å². The fraction of sp³-hybridized carbons (Fsp3) is 0.800. The van der Waals surface area contributed by atoms with Crippen molar-refractivity contribution in [2.75, 3.05) is 13.2 Å². The van der Waals surface area contributed by atoms with E-state index in [0.717, 1.165) is 6.42 Å². The minimum Gasteiger partial charge on any atom is -0.379 e. The molecule has 0 atom stereocenters. The molecule has 19 heavy (non-hydrogen) atoms. The Bertz CT molecular complexity index is 295. The Hall–Kier alpha value is -1.03. The van der Waals surface area contributed by atoms with E-state index in [4.69, 9.17) is 4.74 Å². The zero-order valence-corrected chi connectivity index (χ0v) is 12.5. The highest BCUT2D eigenvalue weighted by Gasteiger charge is 2.16. The van der Waals surface area contributed by atoms with Crippen LogP contribution in [-0.2, 0) is 4.74 Å². The third-order valence-electron chi connectivity index (χ3n) is 3.49. The second-order valence-corrected chi connectivity index (χ2v) is 5.54. The van der Waals surface area contributed by atoms with Gasteiger partial charge in [-0.2, -0.15) is 0 Å². The summed E-state index contributed by atoms with van der Waals surface area (Å²) in [5.41, 5.74) is 1.29. The van der Waals surface area contributed by atoms with Crippen molar-refractivity contribution in [1.82, 2.24) is 10.6 Å². The number of hydrogen-bond donors (Lipinski definition) is 2. The second kappa shape index (κ2) is 8.97. The highest BCUT2D eigenvalue weighted by Crippen LogP contribution is 2.30. The molecule has 1 fully saturated rings. The molecule has 4 heteroatoms. The average Bonchev–Trinajstić information content (AvgIpc) is 2.89. The van der Waals surface area contributed by atoms with Crippen LogP contribution in [0.5, 0.6) is 0 Å². The summed E-state index contributed by atoms with van der Waals surface area (Å²) >= 11 is 0. The predicted molar refractivity (Wildman–Crippen MR) is 78.0 cm³/mol. The van der Waals surface area contributed by atoms with Crippen LogP contribution >= 0.6 is 0 Å². The fourth-order valence-electron chi connectivity index (χ4n) is 2.32. The molecule has 0 spiro atoms. The van der Waals surface area contributed by atoms with Gasteiger partial charge in [0.1, 0.15) is 0 Å². The summed E-state index contributed by atoms with van der Waals surface area (Å²) in [5.74, 6) is 0.666. The van der Waals surface area contributed by atoms with Gasteiger partial charge in [-0.25, -0.2) is 4.79 Å². The summed E-state index contributed by atoms with van der Waals surface area (Å²) in [6, 6.07) is -0.123. The molecule has 0 aliphatic heterocycles. The number of carbonyl (C=O) groups is 1. The summed E-state index contributed by atoms with van der Waals surface area (Å²) in [7, 11) is 0. The van der Waals surface area contributed by atoms with Crippen molar-refractivity contribution in [3.8, 4) is 0 Å². The average molecular weight is 268 g/mol. The van der Waals surface area contributed by atoms with Crippen LogP contribution in [0.25, 0.3) is 0 Å². The summed E-state index contributed by atoms with van der Waals surface area (Å²) < 4.78 is 5.41. The summed E-state index contributed by atoms with van der Waals surface area (Å²) in [5, 5.41) is 5.63. The summed E-state index contributed by atoms with van der Waals surface area (Å²) in [6.45, 7) is 7.46. The molecule has 2 amide bonds. The Balaban J connectivity index is 2.08. The van der Waals surface area contributed by atoms with Crippen molar-refractivity contribution in [2.24, 2.45) is 5.92 Å². The first-order valence-electron chi connectivity index (χ1n) is 7.42. The number of rotatable bonds is 7. The fourth-order valence-corrected chi connectivity index (χ4v) is 2.32. The van der Waals surface area contributed by atoms with Gasteiger partial charge in [-0.3, -0.25) is 0 Å². The number of nitrogens with one attached hydrogen (secondary N) is 2. The Morgan fingerprint density at radius 1 is 1.37 bits per heavy atom. The van der Waals surface area contributed by atoms with Crippen LogP contribution < -0.4 is 10.6 Å². The molecule has 4 nitrogen and oxygen atoms in total. The Kier molecular flexibility index (Phi) is 7.56. The van der Waals surface area contributed by atoms with Crippen LogP contribution in [0.15, 0.2) is 11.8 Å². The SMILES string of the molecule is C/C(=C\NC(=O)NCCCOC(C)C)C1CCCC1. The van der Waals surface area contributed by atoms with Crippen LogP contribution in [0.3, 0.4) is 0 Å². The number of ether oxygens (including phenoxy) is 1. The normalized spacial score (nSPS) is 16.9. The second-order valence-electron chi connectivity index (χ2n) is 5.54. The van der Waals surface area contributed by atoms with Gasteiger partial charge in [0.15, 0.2) is 0 Å². The van der Waals surface area contributed by atoms with Crippen LogP contribution in [0.4, 0.5) is 4.79 Å². The molecule has 0 aromatic heterocycles. The molecular weight excluding hydrogens is 240 g/mol. The molecule has 2 N–H and O–H groups in total. The van der Waals surface area contributed by atoms with Crippen molar-refractivity contribution < 1.29 is 9.53 Å². The molecule has 0 unspecified atom stereocenters. The highest BCUT2D eigenvalue weighted by molar-refractivity contribution is 5.74. The molecule has 0 saturated heterocycles. The standard InChI is InChI=1S/C15H28N2O2/c1-12(2)19-10-6-9-16-15(18)17-11-13(3)14-7-4-5-8-14/h11-12,14H,4-10H2,1-3H3,(H2,16,17,18)/b13-11+. The van der Waals surface area contributed by atoms with Gasteiger partial charge in [-0.15, -0.1) is 0 Å². The van der Waals surface area contributed by atoms with E-state index < -0.39 is 0 Å². The topological polar surface area (TPSA) is 50.4 Å². The number of carbonyl (C=O) groups excluding carboxylic acids is 1. The van der Waals surface area contributed by atoms with Gasteiger partial charge in [-0.05, 0) is 46.0 Å². The Labute approximate surface area is 117 Å². The molecule has 0 heterocycles. The quantitative estimate of drug-likeness (QED) is 0.697.